The smallest absolute Gasteiger partial charge is 0.328 e. The van der Waals surface area contributed by atoms with Crippen LogP contribution < -0.4 is 5.32 Å². The van der Waals surface area contributed by atoms with Gasteiger partial charge in [0.15, 0.2) is 11.0 Å². The number of H-pyrrole nitrogens is 1. The number of nitrogens with zero attached hydrogens (tertiary/aromatic N) is 5. The molecule has 1 amide bonds. The van der Waals surface area contributed by atoms with E-state index in [0.717, 1.165) is 50.7 Å². The molecule has 1 aliphatic carbocycles. The molecule has 0 saturated carbocycles. The van der Waals surface area contributed by atoms with Gasteiger partial charge in [-0.15, -0.1) is 5.10 Å². The van der Waals surface area contributed by atoms with Crippen molar-refractivity contribution in [3.63, 3.8) is 0 Å². The van der Waals surface area contributed by atoms with E-state index in [9.17, 15) is 9.59 Å². The van der Waals surface area contributed by atoms with Crippen molar-refractivity contribution in [2.24, 2.45) is 5.92 Å². The van der Waals surface area contributed by atoms with E-state index in [1.165, 1.54) is 0 Å². The first-order valence-corrected chi connectivity index (χ1v) is 16.2. The van der Waals surface area contributed by atoms with Crippen molar-refractivity contribution in [2.45, 2.75) is 66.0 Å². The lowest BCUT2D eigenvalue weighted by Gasteiger charge is -2.23. The highest BCUT2D eigenvalue weighted by Gasteiger charge is 2.32. The zero-order valence-electron chi connectivity index (χ0n) is 25.6. The predicted molar refractivity (Wildman–Crippen MR) is 174 cm³/mol. The zero-order valence-corrected chi connectivity index (χ0v) is 27.9. The number of aromatic nitrogens is 6. The second kappa shape index (κ2) is 14.4. The maximum absolute atomic E-state index is 14.0. The molecule has 0 radical (unpaired) electrons. The van der Waals surface area contributed by atoms with Crippen LogP contribution in [0.5, 0.6) is 0 Å². The fourth-order valence-corrected chi connectivity index (χ4v) is 6.52. The van der Waals surface area contributed by atoms with E-state index >= 15 is 0 Å². The molecular formula is C32H35BrClN7O4. The number of hydrogen-bond acceptors (Lipinski definition) is 8. The molecule has 1 aromatic carbocycles. The summed E-state index contributed by atoms with van der Waals surface area (Å²) in [6, 6.07) is 8.88. The highest BCUT2D eigenvalue weighted by Crippen LogP contribution is 2.48. The Kier molecular flexibility index (Phi) is 10.3. The predicted octanol–water partition coefficient (Wildman–Crippen LogP) is 6.94. The number of halogens is 2. The van der Waals surface area contributed by atoms with Gasteiger partial charge in [-0.1, -0.05) is 69.5 Å². The number of hydrogen-bond donors (Lipinski definition) is 2. The number of carbonyl (C=O) groups excluding carboxylic acids is 2. The number of amides is 1. The highest BCUT2D eigenvalue weighted by atomic mass is 79.9. The third kappa shape index (κ3) is 6.53. The minimum atomic E-state index is -0.838. The van der Waals surface area contributed by atoms with Crippen molar-refractivity contribution in [1.82, 2.24) is 35.5 Å². The van der Waals surface area contributed by atoms with Crippen molar-refractivity contribution >= 4 is 39.4 Å². The molecule has 45 heavy (non-hydrogen) atoms. The summed E-state index contributed by atoms with van der Waals surface area (Å²) in [4.78, 5) is 31.6. The van der Waals surface area contributed by atoms with Crippen molar-refractivity contribution in [1.29, 1.82) is 0 Å². The Balaban J connectivity index is 1.67. The molecule has 2 atom stereocenters. The van der Waals surface area contributed by atoms with Crippen LogP contribution in [-0.4, -0.2) is 54.7 Å². The van der Waals surface area contributed by atoms with Crippen molar-refractivity contribution < 1.29 is 18.7 Å². The van der Waals surface area contributed by atoms with E-state index in [1.807, 2.05) is 48.7 Å². The Morgan fingerprint density at radius 2 is 1.91 bits per heavy atom. The largest absolute Gasteiger partial charge is 0.472 e. The van der Waals surface area contributed by atoms with Gasteiger partial charge in [-0.05, 0) is 68.4 Å². The number of ether oxygens (including phenoxy) is 1. The van der Waals surface area contributed by atoms with E-state index in [1.54, 1.807) is 19.5 Å². The second-order valence-corrected chi connectivity index (χ2v) is 11.9. The maximum Gasteiger partial charge on any atom is 0.328 e. The van der Waals surface area contributed by atoms with Gasteiger partial charge in [0, 0.05) is 27.6 Å². The van der Waals surface area contributed by atoms with E-state index in [4.69, 9.17) is 20.8 Å². The summed E-state index contributed by atoms with van der Waals surface area (Å²) in [6.07, 6.45) is 6.37. The lowest BCUT2D eigenvalue weighted by atomic mass is 9.97. The number of fused-ring (bicyclic) bond motifs is 1. The van der Waals surface area contributed by atoms with Gasteiger partial charge in [-0.3, -0.25) is 4.79 Å². The summed E-state index contributed by atoms with van der Waals surface area (Å²) < 4.78 is 13.6. The monoisotopic (exact) mass is 695 g/mol. The standard InChI is InChI=1S/C32H35BrClN7O4/c1-5-8-13-24-35-29(34)28(31(42)36-27(18(4)6-2)32(43)45-7-3)41(24)16-22-19-14-15-44-17-23(19)26(33)25(22)20-11-9-10-12-21(20)30-37-39-40-38-30/h9-12,14-15,17-18,27H,5-8,13,16H2,1-4H3,(H,36,42)(H,37,38,39,40)/t18-,27-/m0/s1. The molecule has 0 bridgehead atoms. The molecule has 236 valence electrons. The Morgan fingerprint density at radius 3 is 2.60 bits per heavy atom. The summed E-state index contributed by atoms with van der Waals surface area (Å²) in [5, 5.41) is 17.6. The molecular weight excluding hydrogens is 662 g/mol. The summed E-state index contributed by atoms with van der Waals surface area (Å²) in [5.41, 5.74) is 5.45. The van der Waals surface area contributed by atoms with Crippen LogP contribution in [-0.2, 0) is 22.5 Å². The van der Waals surface area contributed by atoms with Gasteiger partial charge in [0.2, 0.25) is 0 Å². The fraction of sp³-hybridized carbons (Fsp3) is 0.375. The molecule has 0 spiro atoms. The van der Waals surface area contributed by atoms with Crippen LogP contribution in [0.4, 0.5) is 0 Å². The minimum absolute atomic E-state index is 0.0741. The summed E-state index contributed by atoms with van der Waals surface area (Å²) in [5.74, 6) is 0.0586. The van der Waals surface area contributed by atoms with Crippen LogP contribution >= 0.6 is 27.5 Å². The number of esters is 1. The Labute approximate surface area is 274 Å². The Morgan fingerprint density at radius 1 is 1.13 bits per heavy atom. The molecule has 0 unspecified atom stereocenters. The lowest BCUT2D eigenvalue weighted by molar-refractivity contribution is -0.146. The molecule has 3 heterocycles. The molecule has 5 rings (SSSR count). The van der Waals surface area contributed by atoms with E-state index in [2.05, 4.69) is 53.8 Å². The van der Waals surface area contributed by atoms with Gasteiger partial charge in [0.05, 0.1) is 25.7 Å². The van der Waals surface area contributed by atoms with E-state index in [0.29, 0.717) is 24.5 Å². The molecule has 1 aliphatic heterocycles. The third-order valence-electron chi connectivity index (χ3n) is 8.00. The Bertz CT molecular complexity index is 1750. The molecule has 2 N–H and O–H groups in total. The van der Waals surface area contributed by atoms with Crippen molar-refractivity contribution in [3.05, 3.63) is 69.6 Å². The fourth-order valence-electron chi connectivity index (χ4n) is 5.48. The van der Waals surface area contributed by atoms with Gasteiger partial charge >= 0.3 is 5.97 Å². The number of imidazole rings is 1. The third-order valence-corrected chi connectivity index (χ3v) is 9.09. The molecule has 13 heteroatoms. The van der Waals surface area contributed by atoms with Gasteiger partial charge in [0.1, 0.15) is 17.6 Å². The molecule has 2 aromatic heterocycles. The van der Waals surface area contributed by atoms with Gasteiger partial charge in [-0.2, -0.15) is 0 Å². The first-order chi connectivity index (χ1) is 21.8. The number of benzene rings is 1. The minimum Gasteiger partial charge on any atom is -0.472 e. The number of rotatable bonds is 13. The summed E-state index contributed by atoms with van der Waals surface area (Å²) in [7, 11) is 0. The molecule has 0 fully saturated rings. The van der Waals surface area contributed by atoms with Crippen LogP contribution in [0.1, 0.15) is 68.8 Å². The van der Waals surface area contributed by atoms with Gasteiger partial charge in [-0.25, -0.2) is 14.9 Å². The topological polar surface area (TPSA) is 141 Å². The van der Waals surface area contributed by atoms with Crippen LogP contribution in [0.15, 0.2) is 51.7 Å². The number of aryl methyl sites for hydroxylation is 1. The normalized spacial score (nSPS) is 12.8. The van der Waals surface area contributed by atoms with Gasteiger partial charge < -0.3 is 19.0 Å². The maximum atomic E-state index is 14.0. The average Bonchev–Trinajstić information content (AvgIpc) is 3.76. The van der Waals surface area contributed by atoms with E-state index in [-0.39, 0.29) is 29.9 Å². The number of unbranched alkanes of at least 4 members (excludes halogenated alkanes) is 1. The Hall–Kier alpha value is -4.03. The molecule has 3 aromatic rings. The van der Waals surface area contributed by atoms with Crippen LogP contribution in [0.2, 0.25) is 5.15 Å². The molecule has 0 saturated heterocycles. The lowest BCUT2D eigenvalue weighted by Crippen LogP contribution is -2.46. The van der Waals surface area contributed by atoms with Gasteiger partial charge in [0.25, 0.3) is 5.91 Å². The first kappa shape index (κ1) is 32.4. The average molecular weight is 697 g/mol. The van der Waals surface area contributed by atoms with Crippen molar-refractivity contribution in [2.75, 3.05) is 6.61 Å². The number of nitrogens with one attached hydrogen (secondary N) is 2. The summed E-state index contributed by atoms with van der Waals surface area (Å²) in [6.45, 7) is 8.17. The molecule has 11 nitrogen and oxygen atoms in total. The van der Waals surface area contributed by atoms with Crippen LogP contribution in [0.3, 0.4) is 0 Å². The second-order valence-electron chi connectivity index (χ2n) is 10.8. The number of carbonyl (C=O) groups is 2. The van der Waals surface area contributed by atoms with Crippen LogP contribution in [0.25, 0.3) is 33.6 Å². The molecule has 2 aliphatic rings. The van der Waals surface area contributed by atoms with E-state index < -0.39 is 17.9 Å². The quantitative estimate of drug-likeness (QED) is 0.126. The highest BCUT2D eigenvalue weighted by molar-refractivity contribution is 9.10. The van der Waals surface area contributed by atoms with Crippen molar-refractivity contribution in [3.8, 4) is 33.6 Å². The summed E-state index contributed by atoms with van der Waals surface area (Å²) >= 11 is 10.6. The number of aromatic amines is 1. The zero-order chi connectivity index (χ0) is 32.1. The number of tetrazole rings is 1. The first-order valence-electron chi connectivity index (χ1n) is 15.0. The SMILES string of the molecule is CCCCc1nc(Cl)c(C(=O)N[C@H](C(=O)OCC)[C@@H](C)CC)n1Cc1c2ccocc-2c(Br)c1-c1ccccc1-c1nnn[nH]1. The van der Waals surface area contributed by atoms with Crippen LogP contribution in [0, 0.1) is 5.92 Å².